The third-order valence-corrected chi connectivity index (χ3v) is 4.09. The molecule has 2 N–H and O–H groups in total. The van der Waals surface area contributed by atoms with Crippen LogP contribution >= 0.6 is 12.2 Å². The van der Waals surface area contributed by atoms with Crippen LogP contribution in [-0.4, -0.2) is 77.6 Å². The molecule has 1 aliphatic rings. The second-order valence-electron chi connectivity index (χ2n) is 9.49. The minimum Gasteiger partial charge on any atom is -0.457 e. The summed E-state index contributed by atoms with van der Waals surface area (Å²) in [4.78, 5) is 52.3. The van der Waals surface area contributed by atoms with Crippen LogP contribution in [0.25, 0.3) is 0 Å². The third kappa shape index (κ3) is 10.4. The standard InChI is InChI=1S/C21H33N3O9S/c1-11(25)29-15-13(9-22-18(27)32-20(3,4)5)31-17(23-10-34)16(30-12(2)26)14(15)24-19(28)33-21(6,7)8/h13-17H,9H2,1-8H3,(H,22,27)(H,24,28)/t13?,14?,15-,16?,17-/m1/s1. The molecule has 13 heteroatoms. The van der Waals surface area contributed by atoms with Gasteiger partial charge in [0.15, 0.2) is 18.4 Å². The van der Waals surface area contributed by atoms with Gasteiger partial charge in [0.05, 0.1) is 11.7 Å². The van der Waals surface area contributed by atoms with Crippen molar-refractivity contribution in [1.29, 1.82) is 0 Å². The number of carbonyl (C=O) groups excluding carboxylic acids is 4. The quantitative estimate of drug-likeness (QED) is 0.239. The molecule has 1 heterocycles. The van der Waals surface area contributed by atoms with Crippen molar-refractivity contribution < 1.29 is 42.9 Å². The Morgan fingerprint density at radius 3 is 1.88 bits per heavy atom. The highest BCUT2D eigenvalue weighted by Gasteiger charge is 2.51. The topological polar surface area (TPSA) is 151 Å². The number of rotatable bonds is 6. The first-order valence-electron chi connectivity index (χ1n) is 10.6. The zero-order valence-electron chi connectivity index (χ0n) is 20.6. The number of esters is 2. The lowest BCUT2D eigenvalue weighted by atomic mass is 9.94. The summed E-state index contributed by atoms with van der Waals surface area (Å²) >= 11 is 4.68. The van der Waals surface area contributed by atoms with Gasteiger partial charge in [-0.1, -0.05) is 0 Å². The molecular weight excluding hydrogens is 470 g/mol. The molecule has 0 radical (unpaired) electrons. The maximum Gasteiger partial charge on any atom is 0.408 e. The Hall–Kier alpha value is -2.76. The smallest absolute Gasteiger partial charge is 0.408 e. The van der Waals surface area contributed by atoms with Crippen LogP contribution in [0, 0.1) is 0 Å². The van der Waals surface area contributed by atoms with Crippen molar-refractivity contribution in [3.05, 3.63) is 0 Å². The molecule has 1 fully saturated rings. The van der Waals surface area contributed by atoms with Crippen LogP contribution in [0.2, 0.25) is 0 Å². The lowest BCUT2D eigenvalue weighted by Gasteiger charge is -2.44. The summed E-state index contributed by atoms with van der Waals surface area (Å²) in [7, 11) is 0. The highest BCUT2D eigenvalue weighted by Crippen LogP contribution is 2.27. The van der Waals surface area contributed by atoms with E-state index in [1.165, 1.54) is 0 Å². The average Bonchev–Trinajstić information content (AvgIpc) is 2.61. The van der Waals surface area contributed by atoms with E-state index < -0.39 is 65.9 Å². The fourth-order valence-corrected chi connectivity index (χ4v) is 3.12. The number of aliphatic imine (C=N–C) groups is 1. The van der Waals surface area contributed by atoms with E-state index in [-0.39, 0.29) is 6.54 Å². The minimum atomic E-state index is -1.25. The normalized spacial score (nSPS) is 24.6. The molecule has 1 saturated heterocycles. The highest BCUT2D eigenvalue weighted by atomic mass is 32.1. The molecule has 1 aliphatic heterocycles. The van der Waals surface area contributed by atoms with E-state index in [1.54, 1.807) is 41.5 Å². The predicted molar refractivity (Wildman–Crippen MR) is 122 cm³/mol. The Morgan fingerprint density at radius 2 is 1.41 bits per heavy atom. The monoisotopic (exact) mass is 503 g/mol. The van der Waals surface area contributed by atoms with Crippen molar-refractivity contribution in [2.75, 3.05) is 6.54 Å². The van der Waals surface area contributed by atoms with Crippen LogP contribution in [0.3, 0.4) is 0 Å². The van der Waals surface area contributed by atoms with Gasteiger partial charge < -0.3 is 34.3 Å². The summed E-state index contributed by atoms with van der Waals surface area (Å²) in [5.74, 6) is -1.41. The number of ether oxygens (including phenoxy) is 5. The second kappa shape index (κ2) is 12.1. The van der Waals surface area contributed by atoms with Gasteiger partial charge in [0.25, 0.3) is 0 Å². The van der Waals surface area contributed by atoms with Gasteiger partial charge >= 0.3 is 24.1 Å². The summed E-state index contributed by atoms with van der Waals surface area (Å²) in [6.07, 6.45) is -6.33. The Bertz CT molecular complexity index is 815. The first-order valence-corrected chi connectivity index (χ1v) is 11.0. The van der Waals surface area contributed by atoms with E-state index in [1.807, 2.05) is 0 Å². The first kappa shape index (κ1) is 29.3. The molecule has 2 amide bonds. The summed E-state index contributed by atoms with van der Waals surface area (Å²) in [6.45, 7) is 12.2. The van der Waals surface area contributed by atoms with Crippen LogP contribution < -0.4 is 10.6 Å². The van der Waals surface area contributed by atoms with Gasteiger partial charge in [-0.3, -0.25) is 9.59 Å². The molecule has 0 spiro atoms. The molecule has 0 saturated carbocycles. The summed E-state index contributed by atoms with van der Waals surface area (Å²) < 4.78 is 27.1. The Morgan fingerprint density at radius 1 is 0.912 bits per heavy atom. The van der Waals surface area contributed by atoms with Crippen molar-refractivity contribution in [2.24, 2.45) is 4.99 Å². The van der Waals surface area contributed by atoms with E-state index >= 15 is 0 Å². The number of hydrogen-bond acceptors (Lipinski definition) is 11. The fraction of sp³-hybridized carbons (Fsp3) is 0.762. The van der Waals surface area contributed by atoms with Crippen molar-refractivity contribution in [2.45, 2.75) is 97.2 Å². The molecule has 0 aliphatic carbocycles. The molecule has 34 heavy (non-hydrogen) atoms. The third-order valence-electron chi connectivity index (χ3n) is 3.98. The molecule has 0 aromatic rings. The maximum absolute atomic E-state index is 12.6. The molecule has 0 aromatic carbocycles. The van der Waals surface area contributed by atoms with E-state index in [9.17, 15) is 19.2 Å². The van der Waals surface area contributed by atoms with Crippen LogP contribution in [0.5, 0.6) is 0 Å². The summed E-state index contributed by atoms with van der Waals surface area (Å²) in [5.41, 5.74) is -1.59. The molecule has 12 nitrogen and oxygen atoms in total. The lowest BCUT2D eigenvalue weighted by Crippen LogP contribution is -2.67. The van der Waals surface area contributed by atoms with E-state index in [0.29, 0.717) is 0 Å². The van der Waals surface area contributed by atoms with Gasteiger partial charge in [-0.2, -0.15) is 4.99 Å². The first-order chi connectivity index (χ1) is 15.5. The van der Waals surface area contributed by atoms with Crippen molar-refractivity contribution in [3.8, 4) is 0 Å². The number of isothiocyanates is 1. The van der Waals surface area contributed by atoms with Crippen LogP contribution in [0.1, 0.15) is 55.4 Å². The molecule has 192 valence electrons. The number of hydrogen-bond donors (Lipinski definition) is 2. The van der Waals surface area contributed by atoms with Gasteiger partial charge in [0.2, 0.25) is 0 Å². The zero-order valence-corrected chi connectivity index (χ0v) is 21.4. The molecule has 3 unspecified atom stereocenters. The number of alkyl carbamates (subject to hydrolysis) is 2. The van der Waals surface area contributed by atoms with Crippen LogP contribution in [-0.2, 0) is 33.3 Å². The van der Waals surface area contributed by atoms with Crippen molar-refractivity contribution in [3.63, 3.8) is 0 Å². The Kier molecular flexibility index (Phi) is 10.4. The van der Waals surface area contributed by atoms with Crippen LogP contribution in [0.4, 0.5) is 9.59 Å². The van der Waals surface area contributed by atoms with E-state index in [0.717, 1.165) is 13.8 Å². The van der Waals surface area contributed by atoms with Gasteiger partial charge in [0, 0.05) is 13.8 Å². The molecule has 0 aromatic heterocycles. The van der Waals surface area contributed by atoms with Crippen LogP contribution in [0.15, 0.2) is 4.99 Å². The van der Waals surface area contributed by atoms with Crippen molar-refractivity contribution >= 4 is 41.5 Å². The number of amides is 2. The molecule has 5 atom stereocenters. The van der Waals surface area contributed by atoms with Gasteiger partial charge in [-0.25, -0.2) is 9.59 Å². The Balaban J connectivity index is 3.32. The fourth-order valence-electron chi connectivity index (χ4n) is 3.02. The maximum atomic E-state index is 12.6. The van der Waals surface area contributed by atoms with Crippen molar-refractivity contribution in [1.82, 2.24) is 10.6 Å². The molecule has 0 bridgehead atoms. The number of nitrogens with zero attached hydrogens (tertiary/aromatic N) is 1. The number of thiocarbonyl (C=S) groups is 1. The van der Waals surface area contributed by atoms with Gasteiger partial charge in [-0.15, -0.1) is 0 Å². The largest absolute Gasteiger partial charge is 0.457 e. The Labute approximate surface area is 204 Å². The number of carbonyl (C=O) groups is 4. The second-order valence-corrected chi connectivity index (χ2v) is 9.67. The zero-order chi connectivity index (χ0) is 26.3. The molecule has 1 rings (SSSR count). The highest BCUT2D eigenvalue weighted by molar-refractivity contribution is 7.78. The lowest BCUT2D eigenvalue weighted by molar-refractivity contribution is -0.209. The SMILES string of the molecule is CC(=O)OC1C(NC(=O)OC(C)(C)C)[C@H](OC(C)=O)C(CNC(=O)OC(C)(C)C)O[C@H]1N=C=S. The average molecular weight is 504 g/mol. The van der Waals surface area contributed by atoms with E-state index in [2.05, 4.69) is 33.0 Å². The minimum absolute atomic E-state index is 0.199. The predicted octanol–water partition coefficient (Wildman–Crippen LogP) is 2.10. The van der Waals surface area contributed by atoms with E-state index in [4.69, 9.17) is 23.7 Å². The van der Waals surface area contributed by atoms with Gasteiger partial charge in [-0.05, 0) is 53.8 Å². The number of nitrogens with one attached hydrogen (secondary N) is 2. The van der Waals surface area contributed by atoms with Gasteiger partial charge in [0.1, 0.15) is 23.3 Å². The molecular formula is C21H33N3O9S. The summed E-state index contributed by atoms with van der Waals surface area (Å²) in [5, 5.41) is 7.25. The summed E-state index contributed by atoms with van der Waals surface area (Å²) in [6, 6.07) is -1.17.